The molecule has 3 rings (SSSR count). The first-order valence-corrected chi connectivity index (χ1v) is 9.44. The van der Waals surface area contributed by atoms with Crippen molar-refractivity contribution in [1.29, 1.82) is 0 Å². The Labute approximate surface area is 146 Å². The Bertz CT molecular complexity index is 525. The predicted octanol–water partition coefficient (Wildman–Crippen LogP) is 2.66. The van der Waals surface area contributed by atoms with Gasteiger partial charge in [0.1, 0.15) is 6.04 Å². The summed E-state index contributed by atoms with van der Waals surface area (Å²) in [5, 5.41) is 0. The fourth-order valence-electron chi connectivity index (χ4n) is 4.28. The summed E-state index contributed by atoms with van der Waals surface area (Å²) in [6.45, 7) is 7.94. The minimum Gasteiger partial charge on any atom is -0.368 e. The van der Waals surface area contributed by atoms with Crippen molar-refractivity contribution in [3.8, 4) is 0 Å². The number of hydrogen-bond donors (Lipinski definition) is 1. The maximum Gasteiger partial charge on any atom is 0.239 e. The molecule has 2 fully saturated rings. The molecule has 0 aromatic heterocycles. The van der Waals surface area contributed by atoms with E-state index in [0.717, 1.165) is 31.0 Å². The molecular weight excluding hydrogens is 298 g/mol. The number of hydrogen-bond acceptors (Lipinski definition) is 3. The lowest BCUT2D eigenvalue weighted by molar-refractivity contribution is -0.124. The zero-order chi connectivity index (χ0) is 16.9. The number of likely N-dealkylation sites (tertiary alicyclic amines) is 2. The lowest BCUT2D eigenvalue weighted by atomic mass is 9.92. The average Bonchev–Trinajstić information content (AvgIpc) is 2.58. The van der Waals surface area contributed by atoms with Crippen molar-refractivity contribution in [1.82, 2.24) is 9.80 Å². The Kier molecular flexibility index (Phi) is 5.90. The third-order valence-electron chi connectivity index (χ3n) is 5.69. The second-order valence-corrected chi connectivity index (χ2v) is 7.70. The minimum absolute atomic E-state index is 0.228. The van der Waals surface area contributed by atoms with Gasteiger partial charge >= 0.3 is 0 Å². The van der Waals surface area contributed by atoms with Crippen molar-refractivity contribution < 1.29 is 4.79 Å². The molecule has 1 amide bonds. The van der Waals surface area contributed by atoms with E-state index in [-0.39, 0.29) is 11.9 Å². The third kappa shape index (κ3) is 4.37. The first-order valence-electron chi connectivity index (χ1n) is 9.44. The second-order valence-electron chi connectivity index (χ2n) is 7.70. The Morgan fingerprint density at radius 3 is 2.54 bits per heavy atom. The number of nitrogens with two attached hydrogens (primary N) is 1. The zero-order valence-electron chi connectivity index (χ0n) is 14.9. The van der Waals surface area contributed by atoms with Gasteiger partial charge in [0.2, 0.25) is 5.91 Å². The zero-order valence-corrected chi connectivity index (χ0v) is 14.9. The van der Waals surface area contributed by atoms with Crippen LogP contribution in [0.5, 0.6) is 0 Å². The molecule has 0 bridgehead atoms. The molecule has 2 atom stereocenters. The first kappa shape index (κ1) is 17.4. The molecule has 4 heteroatoms. The van der Waals surface area contributed by atoms with Gasteiger partial charge in [0.15, 0.2) is 0 Å². The van der Waals surface area contributed by atoms with Gasteiger partial charge in [-0.2, -0.15) is 0 Å². The molecule has 0 radical (unpaired) electrons. The van der Waals surface area contributed by atoms with Crippen LogP contribution in [-0.4, -0.2) is 48.4 Å². The first-order chi connectivity index (χ1) is 11.6. The van der Waals surface area contributed by atoms with Crippen LogP contribution in [0.4, 0.5) is 0 Å². The van der Waals surface area contributed by atoms with Crippen LogP contribution in [0.2, 0.25) is 0 Å². The van der Waals surface area contributed by atoms with Crippen molar-refractivity contribution in [3.05, 3.63) is 35.9 Å². The second kappa shape index (κ2) is 8.13. The van der Waals surface area contributed by atoms with Crippen molar-refractivity contribution in [3.63, 3.8) is 0 Å². The van der Waals surface area contributed by atoms with E-state index in [4.69, 9.17) is 5.73 Å². The summed E-state index contributed by atoms with van der Waals surface area (Å²) in [4.78, 5) is 17.0. The molecule has 2 aliphatic heterocycles. The van der Waals surface area contributed by atoms with E-state index < -0.39 is 0 Å². The molecule has 4 nitrogen and oxygen atoms in total. The van der Waals surface area contributed by atoms with Crippen molar-refractivity contribution in [2.75, 3.05) is 32.7 Å². The number of primary amides is 1. The van der Waals surface area contributed by atoms with E-state index in [9.17, 15) is 4.79 Å². The molecule has 0 aliphatic carbocycles. The molecule has 132 valence electrons. The highest BCUT2D eigenvalue weighted by Gasteiger charge is 2.31. The number of amides is 1. The maximum atomic E-state index is 12.1. The number of rotatable bonds is 5. The summed E-state index contributed by atoms with van der Waals surface area (Å²) >= 11 is 0. The Morgan fingerprint density at radius 1 is 1.17 bits per heavy atom. The molecular formula is C20H31N3O. The maximum absolute atomic E-state index is 12.1. The fourth-order valence-corrected chi connectivity index (χ4v) is 4.28. The monoisotopic (exact) mass is 329 g/mol. The van der Waals surface area contributed by atoms with Crippen LogP contribution < -0.4 is 5.73 Å². The van der Waals surface area contributed by atoms with Crippen molar-refractivity contribution in [2.24, 2.45) is 17.6 Å². The minimum atomic E-state index is -0.282. The van der Waals surface area contributed by atoms with E-state index in [0.29, 0.717) is 5.92 Å². The summed E-state index contributed by atoms with van der Waals surface area (Å²) in [6.07, 6.45) is 5.07. The van der Waals surface area contributed by atoms with Gasteiger partial charge in [0.05, 0.1) is 0 Å². The number of nitrogens with zero attached hydrogens (tertiary/aromatic N) is 2. The van der Waals surface area contributed by atoms with Crippen LogP contribution in [0, 0.1) is 11.8 Å². The highest BCUT2D eigenvalue weighted by atomic mass is 16.1. The topological polar surface area (TPSA) is 49.6 Å². The van der Waals surface area contributed by atoms with Gasteiger partial charge in [-0.1, -0.05) is 37.3 Å². The number of carbonyl (C=O) groups is 1. The number of piperidine rings is 2. The Balaban J connectivity index is 1.62. The van der Waals surface area contributed by atoms with Gasteiger partial charge in [0, 0.05) is 13.1 Å². The Hall–Kier alpha value is -1.39. The van der Waals surface area contributed by atoms with E-state index in [2.05, 4.69) is 16.7 Å². The van der Waals surface area contributed by atoms with E-state index in [1.807, 2.05) is 30.3 Å². The number of benzene rings is 1. The van der Waals surface area contributed by atoms with Gasteiger partial charge in [-0.15, -0.1) is 0 Å². The normalized spacial score (nSPS) is 25.5. The third-order valence-corrected chi connectivity index (χ3v) is 5.69. The fraction of sp³-hybridized carbons (Fsp3) is 0.650. The smallest absolute Gasteiger partial charge is 0.239 e. The predicted molar refractivity (Wildman–Crippen MR) is 97.5 cm³/mol. The van der Waals surface area contributed by atoms with Gasteiger partial charge in [-0.05, 0) is 62.7 Å². The molecule has 0 unspecified atom stereocenters. The summed E-state index contributed by atoms with van der Waals surface area (Å²) < 4.78 is 0. The van der Waals surface area contributed by atoms with Crippen LogP contribution in [0.25, 0.3) is 0 Å². The van der Waals surface area contributed by atoms with Gasteiger partial charge in [-0.3, -0.25) is 9.69 Å². The van der Waals surface area contributed by atoms with Crippen LogP contribution in [0.1, 0.15) is 44.2 Å². The molecule has 1 aromatic rings. The SMILES string of the molecule is CC1CCN(C[C@H]2CCCN([C@H](C(N)=O)c3ccccc3)C2)CC1. The van der Waals surface area contributed by atoms with Crippen molar-refractivity contribution >= 4 is 5.91 Å². The van der Waals surface area contributed by atoms with Crippen molar-refractivity contribution in [2.45, 2.75) is 38.6 Å². The van der Waals surface area contributed by atoms with Crippen LogP contribution in [0.3, 0.4) is 0 Å². The molecule has 2 saturated heterocycles. The van der Waals surface area contributed by atoms with Gasteiger partial charge < -0.3 is 10.6 Å². The van der Waals surface area contributed by atoms with Crippen LogP contribution in [-0.2, 0) is 4.79 Å². The van der Waals surface area contributed by atoms with Crippen LogP contribution >= 0.6 is 0 Å². The van der Waals surface area contributed by atoms with Gasteiger partial charge in [0.25, 0.3) is 0 Å². The van der Waals surface area contributed by atoms with Crippen LogP contribution in [0.15, 0.2) is 30.3 Å². The quantitative estimate of drug-likeness (QED) is 0.903. The summed E-state index contributed by atoms with van der Waals surface area (Å²) in [7, 11) is 0. The summed E-state index contributed by atoms with van der Waals surface area (Å²) in [5.41, 5.74) is 6.78. The molecule has 2 N–H and O–H groups in total. The lowest BCUT2D eigenvalue weighted by Gasteiger charge is -2.40. The molecule has 2 aliphatic rings. The highest BCUT2D eigenvalue weighted by Crippen LogP contribution is 2.28. The average molecular weight is 329 g/mol. The van der Waals surface area contributed by atoms with E-state index in [1.54, 1.807) is 0 Å². The van der Waals surface area contributed by atoms with E-state index >= 15 is 0 Å². The largest absolute Gasteiger partial charge is 0.368 e. The molecule has 24 heavy (non-hydrogen) atoms. The van der Waals surface area contributed by atoms with E-state index in [1.165, 1.54) is 38.9 Å². The molecule has 0 saturated carbocycles. The lowest BCUT2D eigenvalue weighted by Crippen LogP contribution is -2.47. The highest BCUT2D eigenvalue weighted by molar-refractivity contribution is 5.81. The number of carbonyl (C=O) groups excluding carboxylic acids is 1. The summed E-state index contributed by atoms with van der Waals surface area (Å²) in [6, 6.07) is 9.72. The Morgan fingerprint density at radius 2 is 1.88 bits per heavy atom. The molecule has 2 heterocycles. The molecule has 1 aromatic carbocycles. The standard InChI is InChI=1S/C20H31N3O/c1-16-9-12-22(13-10-16)14-17-6-5-11-23(15-17)19(20(21)24)18-7-3-2-4-8-18/h2-4,7-8,16-17,19H,5-6,9-15H2,1H3,(H2,21,24)/t17-,19+/m1/s1. The molecule has 0 spiro atoms. The van der Waals surface area contributed by atoms with Gasteiger partial charge in [-0.25, -0.2) is 0 Å². The summed E-state index contributed by atoms with van der Waals surface area (Å²) in [5.74, 6) is 1.30.